The second-order valence-electron chi connectivity index (χ2n) is 8.38. The van der Waals surface area contributed by atoms with Crippen molar-refractivity contribution in [3.05, 3.63) is 29.3 Å². The third kappa shape index (κ3) is 4.80. The molecule has 0 saturated carbocycles. The summed E-state index contributed by atoms with van der Waals surface area (Å²) in [4.78, 5) is 17.1. The predicted octanol–water partition coefficient (Wildman–Crippen LogP) is -0.0392. The molecule has 11 heteroatoms. The van der Waals surface area contributed by atoms with Crippen molar-refractivity contribution in [2.24, 2.45) is 0 Å². The SMILES string of the molecule is Cc1ccc(C(=O)N2CCN([C@@H]3CCS(=O)(=O)C3)CC2)cc1S(=O)(=O)N1CCOCC1. The number of morpholine rings is 1. The Kier molecular flexibility index (Phi) is 6.42. The second-order valence-corrected chi connectivity index (χ2v) is 12.5. The van der Waals surface area contributed by atoms with Gasteiger partial charge in [-0.3, -0.25) is 9.69 Å². The molecule has 9 nitrogen and oxygen atoms in total. The zero-order chi connectivity index (χ0) is 22.2. The molecule has 0 bridgehead atoms. The number of aryl methyl sites for hydroxylation is 1. The molecule has 1 amide bonds. The number of sulfonamides is 1. The fourth-order valence-corrected chi connectivity index (χ4v) is 7.89. The number of hydrogen-bond donors (Lipinski definition) is 0. The van der Waals surface area contributed by atoms with Gasteiger partial charge in [-0.2, -0.15) is 4.31 Å². The maximum atomic E-state index is 13.1. The van der Waals surface area contributed by atoms with Gasteiger partial charge in [0, 0.05) is 50.9 Å². The number of carbonyl (C=O) groups is 1. The van der Waals surface area contributed by atoms with E-state index < -0.39 is 19.9 Å². The molecule has 0 N–H and O–H groups in total. The Labute approximate surface area is 183 Å². The van der Waals surface area contributed by atoms with Crippen LogP contribution < -0.4 is 0 Å². The van der Waals surface area contributed by atoms with Crippen molar-refractivity contribution in [1.82, 2.24) is 14.1 Å². The van der Waals surface area contributed by atoms with Gasteiger partial charge in [-0.25, -0.2) is 16.8 Å². The van der Waals surface area contributed by atoms with Crippen LogP contribution >= 0.6 is 0 Å². The van der Waals surface area contributed by atoms with Crippen molar-refractivity contribution in [3.63, 3.8) is 0 Å². The molecule has 3 aliphatic heterocycles. The molecular weight excluding hydrogens is 442 g/mol. The minimum absolute atomic E-state index is 0.0342. The molecular formula is C20H29N3O6S2. The van der Waals surface area contributed by atoms with Gasteiger partial charge in [0.05, 0.1) is 29.6 Å². The maximum absolute atomic E-state index is 13.1. The third-order valence-corrected chi connectivity index (χ3v) is 10.1. The lowest BCUT2D eigenvalue weighted by Crippen LogP contribution is -2.52. The first-order valence-corrected chi connectivity index (χ1v) is 13.9. The Morgan fingerprint density at radius 1 is 1.06 bits per heavy atom. The van der Waals surface area contributed by atoms with Crippen molar-refractivity contribution in [2.75, 3.05) is 64.0 Å². The summed E-state index contributed by atoms with van der Waals surface area (Å²) < 4.78 is 56.3. The molecule has 172 valence electrons. The Bertz CT molecular complexity index is 1040. The first kappa shape index (κ1) is 22.7. The normalized spacial score (nSPS) is 25.6. The first-order chi connectivity index (χ1) is 14.7. The van der Waals surface area contributed by atoms with Gasteiger partial charge in [-0.05, 0) is 31.0 Å². The molecule has 3 fully saturated rings. The number of rotatable bonds is 4. The molecule has 0 spiro atoms. The quantitative estimate of drug-likeness (QED) is 0.607. The van der Waals surface area contributed by atoms with E-state index in [2.05, 4.69) is 4.90 Å². The summed E-state index contributed by atoms with van der Waals surface area (Å²) in [6.45, 7) is 5.30. The lowest BCUT2D eigenvalue weighted by molar-refractivity contribution is 0.0587. The van der Waals surface area contributed by atoms with Gasteiger partial charge in [-0.15, -0.1) is 0 Å². The van der Waals surface area contributed by atoms with Crippen LogP contribution in [-0.2, 0) is 24.6 Å². The van der Waals surface area contributed by atoms with Crippen molar-refractivity contribution in [2.45, 2.75) is 24.3 Å². The number of hydrogen-bond acceptors (Lipinski definition) is 7. The molecule has 0 radical (unpaired) electrons. The Morgan fingerprint density at radius 2 is 1.74 bits per heavy atom. The van der Waals surface area contributed by atoms with Gasteiger partial charge in [-0.1, -0.05) is 6.07 Å². The number of ether oxygens (including phenoxy) is 1. The molecule has 1 aromatic carbocycles. The summed E-state index contributed by atoms with van der Waals surface area (Å²) >= 11 is 0. The topological polar surface area (TPSA) is 104 Å². The molecule has 0 aliphatic carbocycles. The highest BCUT2D eigenvalue weighted by molar-refractivity contribution is 7.91. The van der Waals surface area contributed by atoms with Crippen molar-refractivity contribution >= 4 is 25.8 Å². The highest BCUT2D eigenvalue weighted by Gasteiger charge is 2.35. The minimum atomic E-state index is -3.69. The van der Waals surface area contributed by atoms with Gasteiger partial charge in [0.1, 0.15) is 0 Å². The number of benzene rings is 1. The predicted molar refractivity (Wildman–Crippen MR) is 115 cm³/mol. The lowest BCUT2D eigenvalue weighted by Gasteiger charge is -2.37. The summed E-state index contributed by atoms with van der Waals surface area (Å²) in [7, 11) is -6.63. The van der Waals surface area contributed by atoms with E-state index in [0.29, 0.717) is 70.0 Å². The Balaban J connectivity index is 1.45. The van der Waals surface area contributed by atoms with Crippen molar-refractivity contribution in [3.8, 4) is 0 Å². The summed E-state index contributed by atoms with van der Waals surface area (Å²) in [6, 6.07) is 4.87. The Hall–Kier alpha value is -1.53. The maximum Gasteiger partial charge on any atom is 0.253 e. The van der Waals surface area contributed by atoms with Crippen molar-refractivity contribution < 1.29 is 26.4 Å². The van der Waals surface area contributed by atoms with Crippen LogP contribution in [0.2, 0.25) is 0 Å². The summed E-state index contributed by atoms with van der Waals surface area (Å²) in [5.41, 5.74) is 0.963. The fourth-order valence-electron chi connectivity index (χ4n) is 4.47. The Morgan fingerprint density at radius 3 is 2.35 bits per heavy atom. The number of nitrogens with zero attached hydrogens (tertiary/aromatic N) is 3. The molecule has 0 unspecified atom stereocenters. The van der Waals surface area contributed by atoms with Gasteiger partial charge < -0.3 is 9.64 Å². The second kappa shape index (κ2) is 8.78. The molecule has 3 aliphatic rings. The van der Waals surface area contributed by atoms with Gasteiger partial charge in [0.15, 0.2) is 9.84 Å². The van der Waals surface area contributed by atoms with Crippen LogP contribution in [0.3, 0.4) is 0 Å². The zero-order valence-corrected chi connectivity index (χ0v) is 19.3. The monoisotopic (exact) mass is 471 g/mol. The standard InChI is InChI=1S/C20H29N3O6S2/c1-16-2-3-17(14-19(16)31(27,28)23-9-11-29-12-10-23)20(24)22-7-5-21(6-8-22)18-4-13-30(25,26)15-18/h2-3,14,18H,4-13,15H2,1H3/t18-/m1/s1. The van der Waals surface area contributed by atoms with Crippen LogP contribution in [0.15, 0.2) is 23.1 Å². The van der Waals surface area contributed by atoms with Gasteiger partial charge in [0.2, 0.25) is 10.0 Å². The van der Waals surface area contributed by atoms with Crippen LogP contribution in [0, 0.1) is 6.92 Å². The highest BCUT2D eigenvalue weighted by atomic mass is 32.2. The van der Waals surface area contributed by atoms with E-state index >= 15 is 0 Å². The zero-order valence-electron chi connectivity index (χ0n) is 17.7. The third-order valence-electron chi connectivity index (χ3n) is 6.35. The van der Waals surface area contributed by atoms with Crippen LogP contribution in [0.5, 0.6) is 0 Å². The highest BCUT2D eigenvalue weighted by Crippen LogP contribution is 2.24. The van der Waals surface area contributed by atoms with Crippen LogP contribution in [0.25, 0.3) is 0 Å². The van der Waals surface area contributed by atoms with E-state index in [1.54, 1.807) is 24.0 Å². The largest absolute Gasteiger partial charge is 0.379 e. The molecule has 1 atom stereocenters. The summed E-state index contributed by atoms with van der Waals surface area (Å²) in [5, 5.41) is 0. The number of carbonyl (C=O) groups excluding carboxylic acids is 1. The molecule has 31 heavy (non-hydrogen) atoms. The van der Waals surface area contributed by atoms with E-state index in [1.165, 1.54) is 10.4 Å². The average Bonchev–Trinajstić information content (AvgIpc) is 3.14. The minimum Gasteiger partial charge on any atom is -0.379 e. The fraction of sp³-hybridized carbons (Fsp3) is 0.650. The van der Waals surface area contributed by atoms with E-state index in [-0.39, 0.29) is 28.4 Å². The summed E-state index contributed by atoms with van der Waals surface area (Å²) in [5.74, 6) is 0.236. The lowest BCUT2D eigenvalue weighted by atomic mass is 10.1. The van der Waals surface area contributed by atoms with Gasteiger partial charge in [0.25, 0.3) is 5.91 Å². The molecule has 0 aromatic heterocycles. The van der Waals surface area contributed by atoms with E-state index in [1.807, 2.05) is 0 Å². The van der Waals surface area contributed by atoms with E-state index in [9.17, 15) is 21.6 Å². The summed E-state index contributed by atoms with van der Waals surface area (Å²) in [6.07, 6.45) is 0.650. The molecule has 3 saturated heterocycles. The molecule has 4 rings (SSSR count). The number of piperazine rings is 1. The smallest absolute Gasteiger partial charge is 0.253 e. The van der Waals surface area contributed by atoms with E-state index in [4.69, 9.17) is 4.74 Å². The first-order valence-electron chi connectivity index (χ1n) is 10.6. The van der Waals surface area contributed by atoms with Gasteiger partial charge >= 0.3 is 0 Å². The van der Waals surface area contributed by atoms with E-state index in [0.717, 1.165) is 0 Å². The molecule has 3 heterocycles. The van der Waals surface area contributed by atoms with Crippen LogP contribution in [0.4, 0.5) is 0 Å². The number of sulfone groups is 1. The van der Waals surface area contributed by atoms with Crippen LogP contribution in [-0.4, -0.2) is 107 Å². The van der Waals surface area contributed by atoms with Crippen LogP contribution in [0.1, 0.15) is 22.3 Å². The molecule has 1 aromatic rings. The number of amides is 1. The van der Waals surface area contributed by atoms with Crippen molar-refractivity contribution in [1.29, 1.82) is 0 Å². The average molecular weight is 472 g/mol.